The first-order valence-corrected chi connectivity index (χ1v) is 10.4. The Kier molecular flexibility index (Phi) is 4.25. The third-order valence-electron chi connectivity index (χ3n) is 5.67. The van der Waals surface area contributed by atoms with Gasteiger partial charge in [0, 0.05) is 22.0 Å². The summed E-state index contributed by atoms with van der Waals surface area (Å²) in [5.74, 6) is 1.21. The number of para-hydroxylation sites is 1. The van der Waals surface area contributed by atoms with Crippen LogP contribution >= 0.6 is 0 Å². The molecule has 0 saturated carbocycles. The predicted octanol–water partition coefficient (Wildman–Crippen LogP) is 6.04. The molecule has 0 fully saturated rings. The lowest BCUT2D eigenvalue weighted by Crippen LogP contribution is -2.13. The van der Waals surface area contributed by atoms with E-state index in [1.165, 1.54) is 0 Å². The number of hydrogen-bond donors (Lipinski definition) is 1. The maximum Gasteiger partial charge on any atom is 0.256 e. The van der Waals surface area contributed by atoms with Gasteiger partial charge in [0.05, 0.1) is 16.8 Å². The molecule has 6 rings (SSSR count). The molecule has 2 heterocycles. The molecule has 154 valence electrons. The smallest absolute Gasteiger partial charge is 0.256 e. The van der Waals surface area contributed by atoms with E-state index in [-0.39, 0.29) is 12.7 Å². The Labute approximate surface area is 184 Å². The summed E-state index contributed by atoms with van der Waals surface area (Å²) in [5, 5.41) is 5.98. The Morgan fingerprint density at radius 3 is 2.50 bits per heavy atom. The van der Waals surface area contributed by atoms with Crippen molar-refractivity contribution in [3.05, 3.63) is 96.6 Å². The molecule has 1 aliphatic heterocycles. The van der Waals surface area contributed by atoms with E-state index in [2.05, 4.69) is 5.32 Å². The Morgan fingerprint density at radius 1 is 0.781 bits per heavy atom. The topological polar surface area (TPSA) is 60.5 Å². The van der Waals surface area contributed by atoms with Crippen LogP contribution in [0.4, 0.5) is 5.69 Å². The zero-order chi connectivity index (χ0) is 21.5. The number of amides is 1. The molecule has 0 spiro atoms. The number of rotatable bonds is 3. The van der Waals surface area contributed by atoms with E-state index in [4.69, 9.17) is 14.5 Å². The number of nitrogens with one attached hydrogen (secondary N) is 1. The van der Waals surface area contributed by atoms with Crippen LogP contribution in [0.1, 0.15) is 10.4 Å². The minimum absolute atomic E-state index is 0.179. The zero-order valence-corrected chi connectivity index (χ0v) is 17.0. The molecule has 32 heavy (non-hydrogen) atoms. The summed E-state index contributed by atoms with van der Waals surface area (Å²) < 4.78 is 10.9. The maximum absolute atomic E-state index is 13.5. The molecular formula is C27H18N2O3. The van der Waals surface area contributed by atoms with Crippen LogP contribution in [-0.4, -0.2) is 17.7 Å². The molecule has 1 amide bonds. The first-order valence-electron chi connectivity index (χ1n) is 10.4. The van der Waals surface area contributed by atoms with E-state index >= 15 is 0 Å². The van der Waals surface area contributed by atoms with E-state index in [0.29, 0.717) is 22.8 Å². The van der Waals surface area contributed by atoms with Crippen molar-refractivity contribution in [2.75, 3.05) is 12.1 Å². The molecule has 0 atom stereocenters. The minimum atomic E-state index is -0.179. The zero-order valence-electron chi connectivity index (χ0n) is 17.0. The summed E-state index contributed by atoms with van der Waals surface area (Å²) in [6, 6.07) is 29.1. The average Bonchev–Trinajstić information content (AvgIpc) is 3.31. The molecule has 1 N–H and O–H groups in total. The Hall–Kier alpha value is -4.38. The van der Waals surface area contributed by atoms with E-state index in [1.54, 1.807) is 0 Å². The first-order chi connectivity index (χ1) is 15.8. The van der Waals surface area contributed by atoms with Crippen LogP contribution in [0.25, 0.3) is 32.9 Å². The number of aromatic nitrogens is 1. The van der Waals surface area contributed by atoms with Gasteiger partial charge in [-0.25, -0.2) is 4.98 Å². The van der Waals surface area contributed by atoms with Crippen LogP contribution in [0.3, 0.4) is 0 Å². The SMILES string of the molecule is O=C(Nc1cccc2ccccc12)c1cc(-c2ccc3c(c2)OCO3)nc2ccccc12. The number of ether oxygens (including phenoxy) is 2. The standard InChI is InChI=1S/C27H18N2O3/c30-27(29-22-11-5-7-17-6-1-2-8-19(17)22)21-15-24(28-23-10-4-3-9-20(21)23)18-12-13-25-26(14-18)32-16-31-25/h1-15H,16H2,(H,29,30). The fourth-order valence-electron chi connectivity index (χ4n) is 4.09. The van der Waals surface area contributed by atoms with Crippen molar-refractivity contribution < 1.29 is 14.3 Å². The summed E-state index contributed by atoms with van der Waals surface area (Å²) in [6.45, 7) is 0.211. The lowest BCUT2D eigenvalue weighted by atomic mass is 10.0. The van der Waals surface area contributed by atoms with Crippen molar-refractivity contribution in [1.82, 2.24) is 4.98 Å². The molecule has 5 heteroatoms. The summed E-state index contributed by atoms with van der Waals surface area (Å²) in [7, 11) is 0. The molecule has 5 nitrogen and oxygen atoms in total. The van der Waals surface area contributed by atoms with Gasteiger partial charge in [0.2, 0.25) is 6.79 Å². The number of fused-ring (bicyclic) bond motifs is 3. The van der Waals surface area contributed by atoms with Crippen LogP contribution in [0.15, 0.2) is 91.0 Å². The van der Waals surface area contributed by atoms with Crippen LogP contribution in [0.5, 0.6) is 11.5 Å². The predicted molar refractivity (Wildman–Crippen MR) is 125 cm³/mol. The van der Waals surface area contributed by atoms with Gasteiger partial charge in [-0.3, -0.25) is 4.79 Å². The molecule has 0 aliphatic carbocycles. The van der Waals surface area contributed by atoms with Gasteiger partial charge in [0.15, 0.2) is 11.5 Å². The lowest BCUT2D eigenvalue weighted by Gasteiger charge is -2.12. The number of nitrogens with zero attached hydrogens (tertiary/aromatic N) is 1. The minimum Gasteiger partial charge on any atom is -0.454 e. The molecule has 4 aromatic carbocycles. The largest absolute Gasteiger partial charge is 0.454 e. The van der Waals surface area contributed by atoms with Gasteiger partial charge < -0.3 is 14.8 Å². The molecule has 5 aromatic rings. The number of anilines is 1. The second-order valence-corrected chi connectivity index (χ2v) is 7.62. The van der Waals surface area contributed by atoms with Gasteiger partial charge in [0.1, 0.15) is 0 Å². The van der Waals surface area contributed by atoms with Crippen molar-refractivity contribution in [1.29, 1.82) is 0 Å². The van der Waals surface area contributed by atoms with Gasteiger partial charge in [-0.2, -0.15) is 0 Å². The van der Waals surface area contributed by atoms with Crippen molar-refractivity contribution in [3.8, 4) is 22.8 Å². The molecular weight excluding hydrogens is 400 g/mol. The summed E-state index contributed by atoms with van der Waals surface area (Å²) in [4.78, 5) is 18.3. The molecule has 0 bridgehead atoms. The van der Waals surface area contributed by atoms with E-state index < -0.39 is 0 Å². The first kappa shape index (κ1) is 18.4. The van der Waals surface area contributed by atoms with Crippen molar-refractivity contribution in [2.24, 2.45) is 0 Å². The Bertz CT molecular complexity index is 1500. The summed E-state index contributed by atoms with van der Waals surface area (Å²) in [5.41, 5.74) is 3.66. The second-order valence-electron chi connectivity index (χ2n) is 7.62. The van der Waals surface area contributed by atoms with Gasteiger partial charge in [0.25, 0.3) is 5.91 Å². The highest BCUT2D eigenvalue weighted by atomic mass is 16.7. The van der Waals surface area contributed by atoms with E-state index in [0.717, 1.165) is 32.9 Å². The maximum atomic E-state index is 13.5. The summed E-state index contributed by atoms with van der Waals surface area (Å²) in [6.07, 6.45) is 0. The fraction of sp³-hybridized carbons (Fsp3) is 0.0370. The van der Waals surface area contributed by atoms with Gasteiger partial charge >= 0.3 is 0 Å². The number of benzene rings is 4. The Morgan fingerprint density at radius 2 is 1.56 bits per heavy atom. The van der Waals surface area contributed by atoms with Crippen LogP contribution in [0, 0.1) is 0 Å². The highest BCUT2D eigenvalue weighted by Crippen LogP contribution is 2.36. The molecule has 1 aliphatic rings. The second kappa shape index (κ2) is 7.39. The number of carbonyl (C=O) groups excluding carboxylic acids is 1. The highest BCUT2D eigenvalue weighted by molar-refractivity contribution is 6.15. The van der Waals surface area contributed by atoms with Gasteiger partial charge in [-0.05, 0) is 41.8 Å². The average molecular weight is 418 g/mol. The molecule has 0 saturated heterocycles. The normalized spacial score (nSPS) is 12.2. The van der Waals surface area contributed by atoms with Crippen molar-refractivity contribution in [3.63, 3.8) is 0 Å². The van der Waals surface area contributed by atoms with E-state index in [1.807, 2.05) is 91.0 Å². The molecule has 1 aromatic heterocycles. The lowest BCUT2D eigenvalue weighted by molar-refractivity contribution is 0.102. The van der Waals surface area contributed by atoms with Gasteiger partial charge in [-0.15, -0.1) is 0 Å². The number of pyridine rings is 1. The van der Waals surface area contributed by atoms with E-state index in [9.17, 15) is 4.79 Å². The quantitative estimate of drug-likeness (QED) is 0.388. The summed E-state index contributed by atoms with van der Waals surface area (Å²) >= 11 is 0. The molecule has 0 unspecified atom stereocenters. The number of hydrogen-bond acceptors (Lipinski definition) is 4. The fourth-order valence-corrected chi connectivity index (χ4v) is 4.09. The van der Waals surface area contributed by atoms with Crippen LogP contribution < -0.4 is 14.8 Å². The monoisotopic (exact) mass is 418 g/mol. The van der Waals surface area contributed by atoms with Gasteiger partial charge in [-0.1, -0.05) is 54.6 Å². The third kappa shape index (κ3) is 3.11. The van der Waals surface area contributed by atoms with Crippen molar-refractivity contribution >= 4 is 33.3 Å². The molecule has 0 radical (unpaired) electrons. The highest BCUT2D eigenvalue weighted by Gasteiger charge is 2.18. The van der Waals surface area contributed by atoms with Crippen molar-refractivity contribution in [2.45, 2.75) is 0 Å². The number of carbonyl (C=O) groups is 1. The third-order valence-corrected chi connectivity index (χ3v) is 5.67. The Balaban J connectivity index is 1.46. The van der Waals surface area contributed by atoms with Crippen LogP contribution in [0.2, 0.25) is 0 Å². The van der Waals surface area contributed by atoms with Crippen LogP contribution in [-0.2, 0) is 0 Å².